The predicted molar refractivity (Wildman–Crippen MR) is 183 cm³/mol. The molecular weight excluding hydrogens is 822 g/mol. The Morgan fingerprint density at radius 1 is 0.270 bits per heavy atom. The van der Waals surface area contributed by atoms with E-state index in [0.717, 1.165) is 10.5 Å². The maximum absolute atomic E-state index is 5.47. The van der Waals surface area contributed by atoms with Crippen LogP contribution in [0.15, 0.2) is 0 Å². The van der Waals surface area contributed by atoms with E-state index in [9.17, 15) is 0 Å². The minimum atomic E-state index is -1.03. The molecule has 18 nitrogen and oxygen atoms in total. The molecule has 37 heteroatoms. The molecule has 0 spiro atoms. The van der Waals surface area contributed by atoms with Gasteiger partial charge in [-0.2, -0.15) is 0 Å². The highest BCUT2D eigenvalue weighted by atomic mass is 28.4. The van der Waals surface area contributed by atoms with Crippen LogP contribution in [0, 0.1) is 0 Å². The zero-order valence-electron chi connectivity index (χ0n) is 21.1. The molecule has 0 rings (SSSR count). The zero-order valence-corrected chi connectivity index (χ0v) is 48.5. The van der Waals surface area contributed by atoms with Crippen molar-refractivity contribution < 1.29 is 74.1 Å². The van der Waals surface area contributed by atoms with Crippen LogP contribution in [0.3, 0.4) is 0 Å². The average molecular weight is 861 g/mol. The van der Waals surface area contributed by atoms with Crippen molar-refractivity contribution in [3.63, 3.8) is 0 Å². The predicted octanol–water partition coefficient (Wildman–Crippen LogP) is -18.9. The molecule has 0 heterocycles. The molecule has 37 heavy (non-hydrogen) atoms. The summed E-state index contributed by atoms with van der Waals surface area (Å²) >= 11 is 0. The van der Waals surface area contributed by atoms with E-state index in [2.05, 4.69) is 0 Å². The quantitative estimate of drug-likeness (QED) is 0.0442. The van der Waals surface area contributed by atoms with Gasteiger partial charge in [-0.3, -0.25) is 0 Å². The lowest BCUT2D eigenvalue weighted by atomic mass is 15.7. The maximum Gasteiger partial charge on any atom is 0.286 e. The average Bonchev–Trinajstić information content (AvgIpc) is 2.91. The first kappa shape index (κ1) is 40.4. The van der Waals surface area contributed by atoms with Crippen molar-refractivity contribution in [2.75, 3.05) is 0 Å². The third-order valence-corrected chi connectivity index (χ3v) is 25.8. The van der Waals surface area contributed by atoms with E-state index in [1.54, 1.807) is 0 Å². The van der Waals surface area contributed by atoms with Crippen LogP contribution in [0.2, 0.25) is 0 Å². The topological polar surface area (TPSA) is 166 Å². The van der Waals surface area contributed by atoms with E-state index in [0.29, 0.717) is 0 Å². The Morgan fingerprint density at radius 2 is 0.432 bits per heavy atom. The highest BCUT2D eigenvalue weighted by Crippen LogP contribution is 1.80. The van der Waals surface area contributed by atoms with Gasteiger partial charge < -0.3 is 74.1 Å². The van der Waals surface area contributed by atoms with E-state index in [1.165, 1.54) is 10.5 Å². The van der Waals surface area contributed by atoms with Gasteiger partial charge in [0.25, 0.3) is 170 Å². The van der Waals surface area contributed by atoms with Gasteiger partial charge in [-0.25, -0.2) is 0 Å². The molecule has 0 aromatic rings. The zero-order chi connectivity index (χ0) is 26.7. The molecule has 0 aromatic heterocycles. The highest BCUT2D eigenvalue weighted by Gasteiger charge is 1.98. The monoisotopic (exact) mass is 859 g/mol. The summed E-state index contributed by atoms with van der Waals surface area (Å²) in [6.45, 7) is 0. The van der Waals surface area contributed by atoms with Gasteiger partial charge in [0.15, 0.2) is 10.5 Å². The molecule has 0 saturated heterocycles. The molecule has 223 valence electrons. The maximum atomic E-state index is 5.47. The lowest BCUT2D eigenvalue weighted by Gasteiger charge is -2.09. The summed E-state index contributed by atoms with van der Waals surface area (Å²) in [4.78, 5) is 0. The Bertz CT molecular complexity index is 362. The van der Waals surface area contributed by atoms with Gasteiger partial charge in [0.2, 0.25) is 0 Å². The number of hydrogen-bond donors (Lipinski definition) is 0. The highest BCUT2D eigenvalue weighted by molar-refractivity contribution is 6.51. The summed E-state index contributed by atoms with van der Waals surface area (Å²) in [5.74, 6) is 0. The van der Waals surface area contributed by atoms with Gasteiger partial charge in [0.1, 0.15) is 10.5 Å². The van der Waals surface area contributed by atoms with E-state index in [-0.39, 0.29) is 0 Å². The molecule has 0 aliphatic rings. The van der Waals surface area contributed by atoms with Crippen molar-refractivity contribution in [1.82, 2.24) is 0 Å². The fraction of sp³-hybridized carbons (Fsp3) is 0. The second-order valence-electron chi connectivity index (χ2n) is 5.76. The Balaban J connectivity index is 3.00. The van der Waals surface area contributed by atoms with E-state index in [4.69, 9.17) is 74.1 Å². The molecular formula is H39O18Si19. The molecule has 0 aliphatic heterocycles. The first-order chi connectivity index (χ1) is 18.4. The Morgan fingerprint density at radius 3 is 0.595 bits per heavy atom. The summed E-state index contributed by atoms with van der Waals surface area (Å²) in [6, 6.07) is 0. The van der Waals surface area contributed by atoms with Gasteiger partial charge in [0, 0.05) is 0 Å². The van der Waals surface area contributed by atoms with Crippen molar-refractivity contribution in [3.8, 4) is 0 Å². The van der Waals surface area contributed by atoms with E-state index in [1.807, 2.05) is 0 Å². The first-order valence-electron chi connectivity index (χ1n) is 10.5. The molecule has 0 saturated carbocycles. The smallest absolute Gasteiger partial charge is 0.286 e. The minimum Gasteiger partial charge on any atom is -0.449 e. The second kappa shape index (κ2) is 39.4. The molecule has 0 aliphatic carbocycles. The lowest BCUT2D eigenvalue weighted by Crippen LogP contribution is -2.22. The van der Waals surface area contributed by atoms with Gasteiger partial charge in [-0.1, -0.05) is 0 Å². The molecule has 0 aromatic carbocycles. The van der Waals surface area contributed by atoms with Crippen LogP contribution in [0.25, 0.3) is 0 Å². The summed E-state index contributed by atoms with van der Waals surface area (Å²) in [5.41, 5.74) is 0. The van der Waals surface area contributed by atoms with Crippen LogP contribution in [-0.4, -0.2) is 191 Å². The van der Waals surface area contributed by atoms with Crippen LogP contribution >= 0.6 is 0 Å². The van der Waals surface area contributed by atoms with Gasteiger partial charge in [-0.05, 0) is 0 Å². The summed E-state index contributed by atoms with van der Waals surface area (Å²) in [5, 5.41) is 0. The molecule has 0 amide bonds. The lowest BCUT2D eigenvalue weighted by molar-refractivity contribution is 0.355. The van der Waals surface area contributed by atoms with Crippen molar-refractivity contribution in [2.24, 2.45) is 0 Å². The third kappa shape index (κ3) is 39.4. The standard InChI is InChI=1S/H39O18Si19/c19-1-21-3-23-5-25-7-27-9-29-11-31-13-33-15-35-17-37-18-36-16-34-14-32-12-30-10-28-8-26-6-24-4-22-2-20/h19,21-37H2,20H3. The van der Waals surface area contributed by atoms with Crippen LogP contribution in [-0.2, 0) is 74.1 Å². The first-order valence-corrected chi connectivity index (χ1v) is 31.5. The molecule has 0 unspecified atom stereocenters. The third-order valence-electron chi connectivity index (χ3n) is 2.87. The molecule has 0 atom stereocenters. The summed E-state index contributed by atoms with van der Waals surface area (Å²) in [7, 11) is -14.2. The minimum absolute atomic E-state index is 0.736. The molecule has 1 radical (unpaired) electrons. The number of hydrogen-bond acceptors (Lipinski definition) is 18. The summed E-state index contributed by atoms with van der Waals surface area (Å²) < 4.78 is 96.6. The van der Waals surface area contributed by atoms with Gasteiger partial charge in [0.05, 0.1) is 0 Å². The van der Waals surface area contributed by atoms with Crippen LogP contribution in [0.1, 0.15) is 0 Å². The van der Waals surface area contributed by atoms with E-state index >= 15 is 0 Å². The Hall–Kier alpha value is 3.40. The van der Waals surface area contributed by atoms with Crippen molar-refractivity contribution in [3.05, 3.63) is 0 Å². The normalized spacial score (nSPS) is 17.1. The number of rotatable bonds is 34. The van der Waals surface area contributed by atoms with Crippen molar-refractivity contribution in [2.45, 2.75) is 0 Å². The van der Waals surface area contributed by atoms with Crippen LogP contribution in [0.4, 0.5) is 0 Å². The SMILES string of the molecule is [SiH2]O[SiH2]O[SiH2]O[SiH2]O[SiH2]O[SiH2]O[SiH2]O[SiH2]O[SiH2]O[SiH2]O[SiH2]O[SiH2]O[SiH2]O[SiH2]O[SiH2]O[SiH2]O[SiH2]O[SiH2]O[SiH3]. The second-order valence-corrected chi connectivity index (χ2v) is 39.8. The van der Waals surface area contributed by atoms with Crippen molar-refractivity contribution >= 4 is 191 Å². The Kier molecular flexibility index (Phi) is 43.0. The van der Waals surface area contributed by atoms with E-state index < -0.39 is 170 Å². The largest absolute Gasteiger partial charge is 0.449 e. The molecule has 0 bridgehead atoms. The molecule has 0 N–H and O–H groups in total. The van der Waals surface area contributed by atoms with Crippen LogP contribution < -0.4 is 0 Å². The molecule has 0 fully saturated rings. The van der Waals surface area contributed by atoms with Gasteiger partial charge >= 0.3 is 0 Å². The van der Waals surface area contributed by atoms with Crippen molar-refractivity contribution in [1.29, 1.82) is 0 Å². The fourth-order valence-corrected chi connectivity index (χ4v) is 32.6. The van der Waals surface area contributed by atoms with Gasteiger partial charge in [-0.15, -0.1) is 0 Å². The Labute approximate surface area is 263 Å². The summed E-state index contributed by atoms with van der Waals surface area (Å²) in [6.07, 6.45) is 0. The van der Waals surface area contributed by atoms with Crippen LogP contribution in [0.5, 0.6) is 0 Å². The fourth-order valence-electron chi connectivity index (χ4n) is 1.57.